The molecule has 0 saturated carbocycles. The SMILES string of the molecule is Cc1c(/C=C2\C(=O)NC3=CCC=C(c4ccccc4)C=C32)[nH]c2c1C(=O)N(CCN1CCCCC1)CCCC2. The standard InChI is InChI=1S/C33H38N4O2/c1-23-30(22-27-26-21-25(24-11-4-2-5-12-24)13-10-15-28(26)35-32(27)38)34-29-14-6-9-18-37(33(39)31(23)29)20-19-36-16-7-3-8-17-36/h2,4-5,11-13,15,21-22,34H,3,6-10,14,16-20H2,1H3,(H,35,38)/b27-22-. The number of amides is 2. The molecular weight excluding hydrogens is 484 g/mol. The van der Waals surface area contributed by atoms with E-state index in [1.54, 1.807) is 0 Å². The smallest absolute Gasteiger partial charge is 0.256 e. The summed E-state index contributed by atoms with van der Waals surface area (Å²) in [4.78, 5) is 35.1. The summed E-state index contributed by atoms with van der Waals surface area (Å²) in [5.41, 5.74) is 8.23. The molecule has 0 spiro atoms. The Morgan fingerprint density at radius 3 is 2.54 bits per heavy atom. The third-order valence-electron chi connectivity index (χ3n) is 8.54. The molecule has 0 atom stereocenters. The van der Waals surface area contributed by atoms with Crippen molar-refractivity contribution in [2.45, 2.75) is 51.9 Å². The van der Waals surface area contributed by atoms with Gasteiger partial charge in [0.15, 0.2) is 0 Å². The summed E-state index contributed by atoms with van der Waals surface area (Å²) in [5, 5.41) is 3.06. The number of aromatic amines is 1. The lowest BCUT2D eigenvalue weighted by Crippen LogP contribution is -2.41. The first-order chi connectivity index (χ1) is 19.1. The molecule has 1 aromatic heterocycles. The number of fused-ring (bicyclic) bond motifs is 2. The van der Waals surface area contributed by atoms with Gasteiger partial charge in [0.1, 0.15) is 0 Å². The van der Waals surface area contributed by atoms with Crippen molar-refractivity contribution in [2.24, 2.45) is 0 Å². The van der Waals surface area contributed by atoms with Crippen molar-refractivity contribution in [2.75, 3.05) is 32.7 Å². The van der Waals surface area contributed by atoms with Crippen LogP contribution in [0.4, 0.5) is 0 Å². The molecule has 0 bridgehead atoms. The Bertz CT molecular complexity index is 1390. The van der Waals surface area contributed by atoms with Crippen LogP contribution in [-0.2, 0) is 11.2 Å². The normalized spacial score (nSPS) is 21.3. The Labute approximate surface area is 231 Å². The topological polar surface area (TPSA) is 68.4 Å². The van der Waals surface area contributed by atoms with Crippen LogP contribution in [0.2, 0.25) is 0 Å². The van der Waals surface area contributed by atoms with Gasteiger partial charge in [-0.3, -0.25) is 9.59 Å². The highest BCUT2D eigenvalue weighted by Gasteiger charge is 2.31. The largest absolute Gasteiger partial charge is 0.358 e. The van der Waals surface area contributed by atoms with Crippen LogP contribution in [0.15, 0.2) is 65.4 Å². The highest BCUT2D eigenvalue weighted by Crippen LogP contribution is 2.34. The minimum absolute atomic E-state index is 0.0993. The highest BCUT2D eigenvalue weighted by molar-refractivity contribution is 6.10. The first-order valence-electron chi connectivity index (χ1n) is 14.5. The Hall–Kier alpha value is -3.64. The van der Waals surface area contributed by atoms with Gasteiger partial charge in [-0.05, 0) is 87.4 Å². The van der Waals surface area contributed by atoms with Crippen LogP contribution in [0.25, 0.3) is 11.6 Å². The molecule has 2 saturated heterocycles. The molecule has 6 rings (SSSR count). The number of hydrogen-bond acceptors (Lipinski definition) is 3. The van der Waals surface area contributed by atoms with Crippen LogP contribution in [0, 0.1) is 6.92 Å². The minimum atomic E-state index is -0.0993. The van der Waals surface area contributed by atoms with Crippen molar-refractivity contribution in [1.82, 2.24) is 20.1 Å². The fourth-order valence-corrected chi connectivity index (χ4v) is 6.30. The van der Waals surface area contributed by atoms with Gasteiger partial charge in [-0.15, -0.1) is 0 Å². The van der Waals surface area contributed by atoms with E-state index in [-0.39, 0.29) is 11.8 Å². The molecule has 2 amide bonds. The maximum Gasteiger partial charge on any atom is 0.256 e. The van der Waals surface area contributed by atoms with Gasteiger partial charge in [0.05, 0.1) is 11.1 Å². The van der Waals surface area contributed by atoms with E-state index in [0.717, 1.165) is 103 Å². The number of benzene rings is 1. The van der Waals surface area contributed by atoms with Gasteiger partial charge in [-0.2, -0.15) is 0 Å². The van der Waals surface area contributed by atoms with Gasteiger partial charge >= 0.3 is 0 Å². The number of rotatable bonds is 5. The molecular formula is C33H38N4O2. The second-order valence-electron chi connectivity index (χ2n) is 11.1. The average molecular weight is 523 g/mol. The second kappa shape index (κ2) is 11.2. The number of likely N-dealkylation sites (tertiary alicyclic amines) is 1. The summed E-state index contributed by atoms with van der Waals surface area (Å²) < 4.78 is 0. The average Bonchev–Trinajstić information content (AvgIpc) is 3.31. The molecule has 4 aliphatic rings. The fourth-order valence-electron chi connectivity index (χ4n) is 6.30. The summed E-state index contributed by atoms with van der Waals surface area (Å²) in [5.74, 6) is 0.0252. The van der Waals surface area contributed by atoms with Crippen molar-refractivity contribution in [3.05, 3.63) is 93.5 Å². The van der Waals surface area contributed by atoms with Crippen molar-refractivity contribution < 1.29 is 9.59 Å². The number of piperidine rings is 1. The third-order valence-corrected chi connectivity index (χ3v) is 8.54. The van der Waals surface area contributed by atoms with Crippen LogP contribution in [0.5, 0.6) is 0 Å². The molecule has 3 aliphatic heterocycles. The molecule has 39 heavy (non-hydrogen) atoms. The molecule has 6 nitrogen and oxygen atoms in total. The van der Waals surface area contributed by atoms with E-state index in [1.807, 2.05) is 31.2 Å². The monoisotopic (exact) mass is 522 g/mol. The molecule has 1 aliphatic carbocycles. The number of aryl methyl sites for hydroxylation is 1. The molecule has 2 fully saturated rings. The maximum atomic E-state index is 13.8. The fraction of sp³-hybridized carbons (Fsp3) is 0.394. The van der Waals surface area contributed by atoms with Crippen molar-refractivity contribution in [3.8, 4) is 0 Å². The van der Waals surface area contributed by atoms with E-state index < -0.39 is 0 Å². The van der Waals surface area contributed by atoms with Gasteiger partial charge in [0, 0.05) is 42.3 Å². The molecule has 4 heterocycles. The van der Waals surface area contributed by atoms with Gasteiger partial charge in [0.2, 0.25) is 0 Å². The van der Waals surface area contributed by atoms with Gasteiger partial charge in [0.25, 0.3) is 11.8 Å². The zero-order valence-electron chi connectivity index (χ0n) is 22.9. The van der Waals surface area contributed by atoms with E-state index in [2.05, 4.69) is 50.5 Å². The summed E-state index contributed by atoms with van der Waals surface area (Å²) >= 11 is 0. The lowest BCUT2D eigenvalue weighted by molar-refractivity contribution is -0.115. The number of carbonyl (C=O) groups is 2. The number of nitrogens with zero attached hydrogens (tertiary/aromatic N) is 2. The van der Waals surface area contributed by atoms with Crippen LogP contribution in [0.3, 0.4) is 0 Å². The van der Waals surface area contributed by atoms with Gasteiger partial charge in [-0.1, -0.05) is 48.9 Å². The zero-order valence-corrected chi connectivity index (χ0v) is 22.9. The van der Waals surface area contributed by atoms with Crippen LogP contribution in [-0.4, -0.2) is 59.3 Å². The predicted molar refractivity (Wildman–Crippen MR) is 156 cm³/mol. The van der Waals surface area contributed by atoms with Crippen LogP contribution >= 0.6 is 0 Å². The molecule has 0 radical (unpaired) electrons. The first-order valence-corrected chi connectivity index (χ1v) is 14.5. The molecule has 0 unspecified atom stereocenters. The molecule has 2 aromatic rings. The van der Waals surface area contributed by atoms with Crippen molar-refractivity contribution >= 4 is 23.5 Å². The molecule has 6 heteroatoms. The number of carbonyl (C=O) groups excluding carboxylic acids is 2. The summed E-state index contributed by atoms with van der Waals surface area (Å²) in [6, 6.07) is 10.3. The highest BCUT2D eigenvalue weighted by atomic mass is 16.2. The van der Waals surface area contributed by atoms with E-state index in [1.165, 1.54) is 19.3 Å². The lowest BCUT2D eigenvalue weighted by Gasteiger charge is -2.31. The predicted octanol–water partition coefficient (Wildman–Crippen LogP) is 5.40. The Balaban J connectivity index is 1.30. The number of nitrogens with one attached hydrogen (secondary N) is 2. The molecule has 202 valence electrons. The van der Waals surface area contributed by atoms with Gasteiger partial charge < -0.3 is 20.1 Å². The van der Waals surface area contributed by atoms with Gasteiger partial charge in [-0.25, -0.2) is 0 Å². The molecule has 1 aromatic carbocycles. The Morgan fingerprint density at radius 1 is 0.923 bits per heavy atom. The number of allylic oxidation sites excluding steroid dienone is 5. The number of aromatic nitrogens is 1. The zero-order chi connectivity index (χ0) is 26.8. The van der Waals surface area contributed by atoms with Crippen LogP contribution in [0.1, 0.15) is 71.4 Å². The van der Waals surface area contributed by atoms with Crippen LogP contribution < -0.4 is 5.32 Å². The lowest BCUT2D eigenvalue weighted by atomic mass is 9.98. The third kappa shape index (κ3) is 5.30. The second-order valence-corrected chi connectivity index (χ2v) is 11.1. The quantitative estimate of drug-likeness (QED) is 0.517. The van der Waals surface area contributed by atoms with Crippen molar-refractivity contribution in [3.63, 3.8) is 0 Å². The Kier molecular flexibility index (Phi) is 7.38. The summed E-state index contributed by atoms with van der Waals surface area (Å²) in [6.07, 6.45) is 15.8. The van der Waals surface area contributed by atoms with E-state index >= 15 is 0 Å². The van der Waals surface area contributed by atoms with E-state index in [4.69, 9.17) is 0 Å². The minimum Gasteiger partial charge on any atom is -0.358 e. The summed E-state index contributed by atoms with van der Waals surface area (Å²) in [7, 11) is 0. The van der Waals surface area contributed by atoms with E-state index in [0.29, 0.717) is 5.57 Å². The molecule has 2 N–H and O–H groups in total. The number of hydrogen-bond donors (Lipinski definition) is 2. The Morgan fingerprint density at radius 2 is 1.72 bits per heavy atom. The first kappa shape index (κ1) is 25.6. The summed E-state index contributed by atoms with van der Waals surface area (Å²) in [6.45, 7) is 6.84. The van der Waals surface area contributed by atoms with Crippen molar-refractivity contribution in [1.29, 1.82) is 0 Å². The number of H-pyrrole nitrogens is 1. The maximum absolute atomic E-state index is 13.8. The van der Waals surface area contributed by atoms with E-state index in [9.17, 15) is 9.59 Å².